The third-order valence-electron chi connectivity index (χ3n) is 3.43. The van der Waals surface area contributed by atoms with E-state index < -0.39 is 37.4 Å². The van der Waals surface area contributed by atoms with E-state index in [2.05, 4.69) is 20.6 Å². The molecule has 14 nitrogen and oxygen atoms in total. The fraction of sp³-hybridized carbons (Fsp3) is 0.0833. The summed E-state index contributed by atoms with van der Waals surface area (Å²) in [6, 6.07) is 3.18. The lowest BCUT2D eigenvalue weighted by molar-refractivity contribution is 0.102. The van der Waals surface area contributed by atoms with Crippen LogP contribution in [-0.4, -0.2) is 47.1 Å². The van der Waals surface area contributed by atoms with Crippen molar-refractivity contribution in [3.8, 4) is 0 Å². The van der Waals surface area contributed by atoms with Gasteiger partial charge in [0, 0.05) is 12.7 Å². The fourth-order valence-electron chi connectivity index (χ4n) is 2.24. The number of sulfonamides is 1. The number of fused-ring (bicyclic) bond motifs is 1. The van der Waals surface area contributed by atoms with Gasteiger partial charge < -0.3 is 5.32 Å². The molecule has 0 fully saturated rings. The molecular weight excluding hydrogens is 416 g/mol. The van der Waals surface area contributed by atoms with Gasteiger partial charge in [-0.2, -0.15) is 4.68 Å². The number of carbonyl (C=O) groups is 1. The summed E-state index contributed by atoms with van der Waals surface area (Å²) in [4.78, 5) is 27.8. The zero-order chi connectivity index (χ0) is 20.6. The van der Waals surface area contributed by atoms with Gasteiger partial charge in [0.2, 0.25) is 20.9 Å². The van der Waals surface area contributed by atoms with Crippen LogP contribution in [0.4, 0.5) is 11.4 Å². The standard InChI is InChI=1S/C12H12N8O6S2/c1-19-12(22)20-5-14-9(10(20)16-18-19)11(21)15-6-2-7(17-27(23)24)4-8(3-6)28(13,25)26/h2-5,27H,1H3,(H,15,21)(H2,13,25,26)(H,17,23,24). The van der Waals surface area contributed by atoms with Gasteiger partial charge in [0.15, 0.2) is 11.3 Å². The van der Waals surface area contributed by atoms with Gasteiger partial charge in [0.05, 0.1) is 10.6 Å². The van der Waals surface area contributed by atoms with E-state index in [-0.39, 0.29) is 22.7 Å². The number of nitrogens with two attached hydrogens (primary N) is 1. The van der Waals surface area contributed by atoms with E-state index in [1.54, 1.807) is 0 Å². The van der Waals surface area contributed by atoms with E-state index in [0.717, 1.165) is 27.5 Å². The average molecular weight is 428 g/mol. The summed E-state index contributed by atoms with van der Waals surface area (Å²) in [5.74, 6) is -0.839. The number of nitrogens with zero attached hydrogens (tertiary/aromatic N) is 5. The van der Waals surface area contributed by atoms with Gasteiger partial charge in [0.1, 0.15) is 6.33 Å². The number of hydrogen-bond acceptors (Lipinski definition) is 9. The number of anilines is 2. The maximum absolute atomic E-state index is 12.5. The minimum absolute atomic E-state index is 0.0891. The zero-order valence-corrected chi connectivity index (χ0v) is 15.6. The second-order valence-corrected chi connectivity index (χ2v) is 7.70. The second kappa shape index (κ2) is 6.98. The van der Waals surface area contributed by atoms with Crippen LogP contribution in [0.5, 0.6) is 0 Å². The fourth-order valence-corrected chi connectivity index (χ4v) is 3.16. The van der Waals surface area contributed by atoms with Crippen molar-refractivity contribution in [3.63, 3.8) is 0 Å². The molecule has 0 saturated heterocycles. The number of amides is 1. The molecule has 0 unspecified atom stereocenters. The highest BCUT2D eigenvalue weighted by Crippen LogP contribution is 2.22. The first-order valence-electron chi connectivity index (χ1n) is 7.23. The zero-order valence-electron chi connectivity index (χ0n) is 13.9. The topological polar surface area (TPSA) is 201 Å². The molecule has 0 spiro atoms. The minimum atomic E-state index is -4.19. The lowest BCUT2D eigenvalue weighted by Crippen LogP contribution is -2.27. The van der Waals surface area contributed by atoms with Gasteiger partial charge >= 0.3 is 5.69 Å². The SMILES string of the molecule is Cn1nnc2c(C(=O)Nc3cc(N[SH](=O)=O)cc(S(N)(=O)=O)c3)ncn2c1=O. The van der Waals surface area contributed by atoms with Crippen LogP contribution < -0.4 is 20.9 Å². The molecule has 0 aliphatic rings. The van der Waals surface area contributed by atoms with Gasteiger partial charge in [-0.15, -0.1) is 5.10 Å². The Kier molecular flexibility index (Phi) is 4.84. The number of hydrogen-bond donors (Lipinski definition) is 4. The lowest BCUT2D eigenvalue weighted by Gasteiger charge is -2.09. The van der Waals surface area contributed by atoms with Gasteiger partial charge in [-0.05, 0) is 18.2 Å². The van der Waals surface area contributed by atoms with Crippen molar-refractivity contribution < 1.29 is 21.6 Å². The second-order valence-electron chi connectivity index (χ2n) is 5.40. The first-order valence-corrected chi connectivity index (χ1v) is 9.96. The van der Waals surface area contributed by atoms with Crippen LogP contribution in [0.3, 0.4) is 0 Å². The summed E-state index contributed by atoms with van der Waals surface area (Å²) >= 11 is 0. The van der Waals surface area contributed by atoms with E-state index >= 15 is 0 Å². The number of nitrogens with one attached hydrogen (secondary N) is 2. The number of aryl methyl sites for hydroxylation is 1. The van der Waals surface area contributed by atoms with Gasteiger partial charge in [-0.1, -0.05) is 5.21 Å². The highest BCUT2D eigenvalue weighted by atomic mass is 32.2. The number of thiol groups is 1. The van der Waals surface area contributed by atoms with Gasteiger partial charge in [-0.3, -0.25) is 9.52 Å². The Hall–Kier alpha value is -3.37. The molecule has 4 N–H and O–H groups in total. The number of rotatable bonds is 5. The first-order chi connectivity index (χ1) is 13.1. The highest BCUT2D eigenvalue weighted by molar-refractivity contribution is 7.89. The quantitative estimate of drug-likeness (QED) is 0.321. The summed E-state index contributed by atoms with van der Waals surface area (Å²) in [6.45, 7) is 0. The van der Waals surface area contributed by atoms with Crippen LogP contribution in [0.15, 0.2) is 34.2 Å². The predicted molar refractivity (Wildman–Crippen MR) is 95.7 cm³/mol. The summed E-state index contributed by atoms with van der Waals surface area (Å²) in [5.41, 5.74) is -1.19. The highest BCUT2D eigenvalue weighted by Gasteiger charge is 2.19. The summed E-state index contributed by atoms with van der Waals surface area (Å²) in [5, 5.41) is 14.7. The maximum Gasteiger partial charge on any atom is 0.352 e. The monoisotopic (exact) mass is 428 g/mol. The third kappa shape index (κ3) is 3.82. The molecule has 1 aromatic carbocycles. The number of benzene rings is 1. The van der Waals surface area contributed by atoms with E-state index in [9.17, 15) is 26.4 Å². The van der Waals surface area contributed by atoms with E-state index in [1.807, 2.05) is 4.72 Å². The van der Waals surface area contributed by atoms with Crippen molar-refractivity contribution in [1.29, 1.82) is 0 Å². The smallest absolute Gasteiger partial charge is 0.320 e. The molecule has 2 heterocycles. The summed E-state index contributed by atoms with van der Waals surface area (Å²) in [6.07, 6.45) is 1.08. The number of primary sulfonamides is 1. The average Bonchev–Trinajstić information content (AvgIpc) is 3.01. The summed E-state index contributed by atoms with van der Waals surface area (Å²) in [7, 11) is -5.92. The van der Waals surface area contributed by atoms with Crippen LogP contribution in [0.25, 0.3) is 5.65 Å². The van der Waals surface area contributed by atoms with Crippen LogP contribution in [0.2, 0.25) is 0 Å². The molecule has 0 aliphatic heterocycles. The molecule has 2 aromatic heterocycles. The normalized spacial score (nSPS) is 11.7. The Balaban J connectivity index is 2.02. The van der Waals surface area contributed by atoms with Crippen LogP contribution in [-0.2, 0) is 28.0 Å². The minimum Gasteiger partial charge on any atom is -0.320 e. The molecule has 0 radical (unpaired) electrons. The van der Waals surface area contributed by atoms with Crippen molar-refractivity contribution in [3.05, 3.63) is 40.7 Å². The third-order valence-corrected chi connectivity index (χ3v) is 4.76. The molecule has 148 valence electrons. The van der Waals surface area contributed by atoms with E-state index in [0.29, 0.717) is 0 Å². The largest absolute Gasteiger partial charge is 0.352 e. The number of aromatic nitrogens is 5. The van der Waals surface area contributed by atoms with E-state index in [1.165, 1.54) is 13.1 Å². The van der Waals surface area contributed by atoms with Crippen LogP contribution in [0.1, 0.15) is 10.5 Å². The number of imidazole rings is 1. The predicted octanol–water partition coefficient (Wildman–Crippen LogP) is -2.34. The van der Waals surface area contributed by atoms with E-state index in [4.69, 9.17) is 5.14 Å². The van der Waals surface area contributed by atoms with Crippen molar-refractivity contribution in [2.24, 2.45) is 12.2 Å². The van der Waals surface area contributed by atoms with Crippen molar-refractivity contribution in [2.75, 3.05) is 10.0 Å². The van der Waals surface area contributed by atoms with Crippen molar-refractivity contribution in [1.82, 2.24) is 24.4 Å². The molecule has 0 atom stereocenters. The van der Waals surface area contributed by atoms with Crippen LogP contribution in [0, 0.1) is 0 Å². The summed E-state index contributed by atoms with van der Waals surface area (Å²) < 4.78 is 48.8. The van der Waals surface area contributed by atoms with Crippen LogP contribution >= 0.6 is 0 Å². The molecule has 3 rings (SSSR count). The Morgan fingerprint density at radius 1 is 1.21 bits per heavy atom. The Morgan fingerprint density at radius 2 is 1.89 bits per heavy atom. The molecule has 3 aromatic rings. The molecule has 1 amide bonds. The lowest BCUT2D eigenvalue weighted by atomic mass is 10.2. The molecule has 28 heavy (non-hydrogen) atoms. The van der Waals surface area contributed by atoms with Gasteiger partial charge in [0.25, 0.3) is 5.91 Å². The molecule has 16 heteroatoms. The molecule has 0 aliphatic carbocycles. The Labute approximate surface area is 158 Å². The number of carbonyl (C=O) groups excluding carboxylic acids is 1. The Bertz CT molecular complexity index is 1330. The van der Waals surface area contributed by atoms with Crippen molar-refractivity contribution >= 4 is 43.8 Å². The molecule has 0 bridgehead atoms. The van der Waals surface area contributed by atoms with Gasteiger partial charge in [-0.25, -0.2) is 36.2 Å². The molecule has 0 saturated carbocycles. The van der Waals surface area contributed by atoms with Crippen molar-refractivity contribution in [2.45, 2.75) is 4.90 Å². The maximum atomic E-state index is 12.5. The molecular formula is C12H12N8O6S2. The first kappa shape index (κ1) is 19.4. The Morgan fingerprint density at radius 3 is 2.54 bits per heavy atom.